The molecule has 2 heterocycles. The SMILES string of the molecule is CC1(C)c2ccccc2-c2c1cc(-c1ccc3oc4ccc(-c5ccc6c(c5)c5ccccc5c5c6ccc6c7cc8ccccc8cc7oc65)cc4c3c1)c1ccccc21. The summed E-state index contributed by atoms with van der Waals surface area (Å²) in [6.07, 6.45) is 0. The number of furan rings is 2. The van der Waals surface area contributed by atoms with Gasteiger partial charge in [-0.15, -0.1) is 0 Å². The van der Waals surface area contributed by atoms with Crippen molar-refractivity contribution >= 4 is 97.7 Å². The van der Waals surface area contributed by atoms with Gasteiger partial charge >= 0.3 is 0 Å². The van der Waals surface area contributed by atoms with E-state index < -0.39 is 0 Å². The highest BCUT2D eigenvalue weighted by atomic mass is 16.3. The molecule has 0 fully saturated rings. The number of rotatable bonds is 2. The van der Waals surface area contributed by atoms with Gasteiger partial charge in [-0.1, -0.05) is 141 Å². The van der Waals surface area contributed by atoms with Gasteiger partial charge in [0, 0.05) is 32.3 Å². The number of benzene rings is 11. The van der Waals surface area contributed by atoms with E-state index in [0.717, 1.165) is 49.4 Å². The molecule has 0 aliphatic heterocycles. The number of hydrogen-bond donors (Lipinski definition) is 0. The molecule has 0 saturated carbocycles. The highest BCUT2D eigenvalue weighted by molar-refractivity contribution is 6.33. The Balaban J connectivity index is 0.939. The minimum Gasteiger partial charge on any atom is -0.456 e. The fraction of sp³-hybridized carbons (Fsp3) is 0.0508. The van der Waals surface area contributed by atoms with Gasteiger partial charge in [0.25, 0.3) is 0 Å². The highest BCUT2D eigenvalue weighted by Crippen LogP contribution is 2.53. The normalized spacial score (nSPS) is 13.5. The van der Waals surface area contributed by atoms with Gasteiger partial charge in [0.15, 0.2) is 0 Å². The predicted molar refractivity (Wildman–Crippen MR) is 257 cm³/mol. The topological polar surface area (TPSA) is 26.3 Å². The third-order valence-corrected chi connectivity index (χ3v) is 14.0. The lowest BCUT2D eigenvalue weighted by Crippen LogP contribution is -2.15. The van der Waals surface area contributed by atoms with Crippen LogP contribution in [0.5, 0.6) is 0 Å². The molecular weight excluding hydrogens is 741 g/mol. The van der Waals surface area contributed by atoms with Gasteiger partial charge < -0.3 is 8.83 Å². The maximum absolute atomic E-state index is 6.78. The Morgan fingerprint density at radius 1 is 0.328 bits per heavy atom. The lowest BCUT2D eigenvalue weighted by Gasteiger charge is -2.23. The van der Waals surface area contributed by atoms with E-state index in [9.17, 15) is 0 Å². The highest BCUT2D eigenvalue weighted by Gasteiger charge is 2.37. The first-order chi connectivity index (χ1) is 30.0. The summed E-state index contributed by atoms with van der Waals surface area (Å²) in [4.78, 5) is 0. The molecule has 1 aliphatic rings. The molecule has 2 aromatic heterocycles. The minimum atomic E-state index is -0.0985. The zero-order chi connectivity index (χ0) is 40.1. The zero-order valence-corrected chi connectivity index (χ0v) is 33.6. The smallest absolute Gasteiger partial charge is 0.143 e. The van der Waals surface area contributed by atoms with E-state index in [2.05, 4.69) is 196 Å². The molecule has 0 bridgehead atoms. The summed E-state index contributed by atoms with van der Waals surface area (Å²) in [5, 5.41) is 16.8. The van der Waals surface area contributed by atoms with Crippen LogP contribution in [0.25, 0.3) is 131 Å². The van der Waals surface area contributed by atoms with Crippen LogP contribution in [0.3, 0.4) is 0 Å². The third kappa shape index (κ3) is 4.46. The van der Waals surface area contributed by atoms with E-state index in [4.69, 9.17) is 8.83 Å². The molecule has 14 rings (SSSR count). The van der Waals surface area contributed by atoms with Gasteiger partial charge in [0.05, 0.1) is 0 Å². The number of hydrogen-bond acceptors (Lipinski definition) is 2. The molecule has 0 atom stereocenters. The first-order valence-electron chi connectivity index (χ1n) is 21.2. The van der Waals surface area contributed by atoms with Crippen LogP contribution in [0, 0.1) is 0 Å². The van der Waals surface area contributed by atoms with Crippen molar-refractivity contribution in [1.29, 1.82) is 0 Å². The summed E-state index contributed by atoms with van der Waals surface area (Å²) in [5.74, 6) is 0. The lowest BCUT2D eigenvalue weighted by atomic mass is 9.80. The Bertz CT molecular complexity index is 4060. The second-order valence-electron chi connectivity index (χ2n) is 17.6. The molecule has 13 aromatic rings. The van der Waals surface area contributed by atoms with Gasteiger partial charge in [-0.2, -0.15) is 0 Å². The molecule has 0 radical (unpaired) electrons. The summed E-state index contributed by atoms with van der Waals surface area (Å²) >= 11 is 0. The monoisotopic (exact) mass is 776 g/mol. The fourth-order valence-electron chi connectivity index (χ4n) is 11.0. The molecule has 0 amide bonds. The molecule has 1 aliphatic carbocycles. The van der Waals surface area contributed by atoms with Gasteiger partial charge in [0.2, 0.25) is 0 Å². The molecular formula is C59H36O2. The van der Waals surface area contributed by atoms with Crippen molar-refractivity contribution in [2.75, 3.05) is 0 Å². The lowest BCUT2D eigenvalue weighted by molar-refractivity contribution is 0.661. The molecule has 0 spiro atoms. The average molecular weight is 777 g/mol. The van der Waals surface area contributed by atoms with Crippen molar-refractivity contribution in [1.82, 2.24) is 0 Å². The average Bonchev–Trinajstić information content (AvgIpc) is 3.94. The Morgan fingerprint density at radius 3 is 1.70 bits per heavy atom. The van der Waals surface area contributed by atoms with E-state index in [1.165, 1.54) is 92.8 Å². The van der Waals surface area contributed by atoms with Crippen molar-refractivity contribution < 1.29 is 8.83 Å². The molecule has 0 N–H and O–H groups in total. The summed E-state index contributed by atoms with van der Waals surface area (Å²) in [6.45, 7) is 4.73. The molecule has 0 saturated heterocycles. The van der Waals surface area contributed by atoms with E-state index in [-0.39, 0.29) is 5.41 Å². The zero-order valence-electron chi connectivity index (χ0n) is 33.6. The largest absolute Gasteiger partial charge is 0.456 e. The van der Waals surface area contributed by atoms with Gasteiger partial charge in [0.1, 0.15) is 22.3 Å². The Kier molecular flexibility index (Phi) is 6.39. The fourth-order valence-corrected chi connectivity index (χ4v) is 11.0. The molecule has 61 heavy (non-hydrogen) atoms. The van der Waals surface area contributed by atoms with E-state index >= 15 is 0 Å². The van der Waals surface area contributed by atoms with Crippen LogP contribution in [0.2, 0.25) is 0 Å². The van der Waals surface area contributed by atoms with Gasteiger partial charge in [-0.05, 0) is 148 Å². The summed E-state index contributed by atoms with van der Waals surface area (Å²) < 4.78 is 13.3. The van der Waals surface area contributed by atoms with Crippen molar-refractivity contribution in [3.63, 3.8) is 0 Å². The maximum Gasteiger partial charge on any atom is 0.143 e. The van der Waals surface area contributed by atoms with E-state index in [1.807, 2.05) is 0 Å². The van der Waals surface area contributed by atoms with Crippen LogP contribution in [0.4, 0.5) is 0 Å². The van der Waals surface area contributed by atoms with E-state index in [0.29, 0.717) is 0 Å². The van der Waals surface area contributed by atoms with Crippen LogP contribution in [-0.2, 0) is 5.41 Å². The van der Waals surface area contributed by atoms with Gasteiger partial charge in [-0.25, -0.2) is 0 Å². The maximum atomic E-state index is 6.78. The molecule has 2 heteroatoms. The second kappa shape index (κ2) is 11.7. The van der Waals surface area contributed by atoms with Crippen LogP contribution < -0.4 is 0 Å². The first-order valence-corrected chi connectivity index (χ1v) is 21.2. The van der Waals surface area contributed by atoms with Crippen molar-refractivity contribution in [3.8, 4) is 33.4 Å². The van der Waals surface area contributed by atoms with Crippen molar-refractivity contribution in [2.45, 2.75) is 19.3 Å². The van der Waals surface area contributed by atoms with Crippen molar-refractivity contribution in [2.24, 2.45) is 0 Å². The standard InChI is InChI=1S/C59H36O2/c1-59(2)51-18-10-9-17-45(51)56-41-15-7-5-13-38(41)46(32-52(56)59)37-21-26-54-50(30-37)49-29-36(20-25-53(49)60-54)35-19-22-40-43-23-24-44-48-28-33-11-3-4-12-34(33)31-55(48)61-58(44)57(43)42-16-8-6-14-39(42)47(40)27-35/h3-32H,1-2H3. The Labute approximate surface area is 350 Å². The van der Waals surface area contributed by atoms with Gasteiger partial charge in [-0.3, -0.25) is 0 Å². The summed E-state index contributed by atoms with van der Waals surface area (Å²) in [6, 6.07) is 66.9. The Morgan fingerprint density at radius 2 is 0.885 bits per heavy atom. The second-order valence-corrected chi connectivity index (χ2v) is 17.6. The molecule has 284 valence electrons. The summed E-state index contributed by atoms with van der Waals surface area (Å²) in [7, 11) is 0. The quantitative estimate of drug-likeness (QED) is 0.163. The molecule has 0 unspecified atom stereocenters. The van der Waals surface area contributed by atoms with Crippen molar-refractivity contribution in [3.05, 3.63) is 193 Å². The van der Waals surface area contributed by atoms with Crippen LogP contribution in [0.15, 0.2) is 191 Å². The Hall–Kier alpha value is -7.68. The molecule has 2 nitrogen and oxygen atoms in total. The van der Waals surface area contributed by atoms with Crippen LogP contribution in [-0.4, -0.2) is 0 Å². The molecule has 11 aromatic carbocycles. The summed E-state index contributed by atoms with van der Waals surface area (Å²) in [5.41, 5.74) is 13.8. The van der Waals surface area contributed by atoms with Crippen LogP contribution in [0.1, 0.15) is 25.0 Å². The predicted octanol–water partition coefficient (Wildman–Crippen LogP) is 16.9. The third-order valence-electron chi connectivity index (χ3n) is 14.0. The first kappa shape index (κ1) is 33.2. The number of fused-ring (bicyclic) bond motifs is 19. The van der Waals surface area contributed by atoms with E-state index in [1.54, 1.807) is 0 Å². The minimum absolute atomic E-state index is 0.0985. The van der Waals surface area contributed by atoms with Crippen LogP contribution >= 0.6 is 0 Å².